The van der Waals surface area contributed by atoms with Gasteiger partial charge in [0.2, 0.25) is 0 Å². The summed E-state index contributed by atoms with van der Waals surface area (Å²) in [4.78, 5) is 23.9. The van der Waals surface area contributed by atoms with E-state index in [4.69, 9.17) is 9.26 Å². The number of aromatic carboxylic acids is 1. The lowest BCUT2D eigenvalue weighted by atomic mass is 10.1. The normalized spacial score (nSPS) is 13.9. The average molecular weight is 490 g/mol. The van der Waals surface area contributed by atoms with Gasteiger partial charge in [0.05, 0.1) is 12.8 Å². The summed E-state index contributed by atoms with van der Waals surface area (Å²) >= 11 is 1.18. The van der Waals surface area contributed by atoms with E-state index in [0.29, 0.717) is 17.7 Å². The van der Waals surface area contributed by atoms with E-state index in [1.807, 2.05) is 45.0 Å². The fourth-order valence-corrected chi connectivity index (χ4v) is 6.45. The second kappa shape index (κ2) is 10.5. The third-order valence-electron chi connectivity index (χ3n) is 5.02. The number of rotatable bonds is 10. The molecule has 0 saturated heterocycles. The fraction of sp³-hybridized carbons (Fsp3) is 0.333. The highest BCUT2D eigenvalue weighted by atomic mass is 32.1. The van der Waals surface area contributed by atoms with E-state index >= 15 is 0 Å². The summed E-state index contributed by atoms with van der Waals surface area (Å²) in [6.07, 6.45) is 0.703. The minimum Gasteiger partial charge on any atom is -0.477 e. The molecule has 0 aliphatic heterocycles. The molecule has 3 rings (SSSR count). The van der Waals surface area contributed by atoms with Gasteiger partial charge in [-0.3, -0.25) is 9.36 Å². The van der Waals surface area contributed by atoms with Crippen LogP contribution in [-0.4, -0.2) is 29.7 Å². The Bertz CT molecular complexity index is 1200. The Morgan fingerprint density at radius 3 is 2.48 bits per heavy atom. The molecule has 0 aliphatic rings. The zero-order valence-electron chi connectivity index (χ0n) is 19.1. The maximum absolute atomic E-state index is 14.1. The van der Waals surface area contributed by atoms with Crippen molar-refractivity contribution in [2.45, 2.75) is 46.3 Å². The van der Waals surface area contributed by atoms with Crippen molar-refractivity contribution in [1.82, 2.24) is 5.09 Å². The van der Waals surface area contributed by atoms with Crippen LogP contribution in [0.1, 0.15) is 46.6 Å². The Hall–Kier alpha value is -2.67. The summed E-state index contributed by atoms with van der Waals surface area (Å²) in [5, 5.41) is 12.9. The van der Waals surface area contributed by atoms with Crippen molar-refractivity contribution in [3.8, 4) is 5.75 Å². The van der Waals surface area contributed by atoms with Crippen LogP contribution in [0.2, 0.25) is 0 Å². The van der Waals surface area contributed by atoms with E-state index in [0.717, 1.165) is 21.2 Å². The van der Waals surface area contributed by atoms with Gasteiger partial charge < -0.3 is 14.4 Å². The number of carboxylic acids is 1. The van der Waals surface area contributed by atoms with Gasteiger partial charge in [-0.2, -0.15) is 0 Å². The molecule has 2 N–H and O–H groups in total. The van der Waals surface area contributed by atoms with Crippen LogP contribution >= 0.6 is 18.9 Å². The van der Waals surface area contributed by atoms with Gasteiger partial charge in [0.1, 0.15) is 16.7 Å². The number of carbonyl (C=O) groups excluding carboxylic acids is 1. The van der Waals surface area contributed by atoms with Crippen LogP contribution in [0, 0.1) is 13.8 Å². The average Bonchev–Trinajstić information content (AvgIpc) is 3.18. The number of ether oxygens (including phenoxy) is 1. The second-order valence-corrected chi connectivity index (χ2v) is 11.1. The van der Waals surface area contributed by atoms with Crippen LogP contribution in [0.25, 0.3) is 10.1 Å². The number of carbonyl (C=O) groups is 2. The first kappa shape index (κ1) is 25.0. The standard InChI is InChI=1S/C24H28NO6PS/c1-5-11-30-24(28)17(4)25-32(29,31-22-15(2)7-6-8-16(22)3)14-18-9-10-20-19(12-18)13-21(33-20)23(26)27/h6-10,12-13,17H,5,11,14H2,1-4H3,(H,25,29)(H,26,27)/t17-,32?/m0/s1. The van der Waals surface area contributed by atoms with Gasteiger partial charge in [-0.05, 0) is 67.5 Å². The number of benzene rings is 2. The first-order valence-corrected chi connectivity index (χ1v) is 13.3. The van der Waals surface area contributed by atoms with Crippen molar-refractivity contribution in [3.63, 3.8) is 0 Å². The van der Waals surface area contributed by atoms with E-state index in [-0.39, 0.29) is 17.6 Å². The highest BCUT2D eigenvalue weighted by molar-refractivity contribution is 7.56. The number of hydrogen-bond acceptors (Lipinski definition) is 6. The van der Waals surface area contributed by atoms with Crippen LogP contribution in [0.15, 0.2) is 42.5 Å². The number of nitrogens with one attached hydrogen (secondary N) is 1. The largest absolute Gasteiger partial charge is 0.477 e. The van der Waals surface area contributed by atoms with Gasteiger partial charge in [0.25, 0.3) is 0 Å². The Morgan fingerprint density at radius 2 is 1.85 bits per heavy atom. The molecule has 0 spiro atoms. The zero-order valence-corrected chi connectivity index (χ0v) is 20.8. The third kappa shape index (κ3) is 6.22. The topological polar surface area (TPSA) is 102 Å². The van der Waals surface area contributed by atoms with Gasteiger partial charge in [0, 0.05) is 4.70 Å². The molecule has 1 unspecified atom stereocenters. The number of thiophene rings is 1. The van der Waals surface area contributed by atoms with Crippen molar-refractivity contribution in [3.05, 3.63) is 64.0 Å². The summed E-state index contributed by atoms with van der Waals surface area (Å²) in [7, 11) is -3.61. The summed E-state index contributed by atoms with van der Waals surface area (Å²) < 4.78 is 26.2. The SMILES string of the molecule is CCCOC(=O)[C@H](C)NP(=O)(Cc1ccc2sc(C(=O)O)cc2c1)Oc1c(C)cccc1C. The van der Waals surface area contributed by atoms with E-state index in [1.165, 1.54) is 11.3 Å². The number of fused-ring (bicyclic) bond motifs is 1. The molecular weight excluding hydrogens is 461 g/mol. The predicted molar refractivity (Wildman–Crippen MR) is 130 cm³/mol. The molecule has 0 bridgehead atoms. The highest BCUT2D eigenvalue weighted by Gasteiger charge is 2.32. The summed E-state index contributed by atoms with van der Waals surface area (Å²) in [6, 6.07) is 11.8. The molecule has 1 heterocycles. The minimum atomic E-state index is -3.61. The molecule has 0 saturated carbocycles. The van der Waals surface area contributed by atoms with Crippen LogP contribution in [0.3, 0.4) is 0 Å². The molecule has 0 fully saturated rings. The van der Waals surface area contributed by atoms with Crippen molar-refractivity contribution in [2.24, 2.45) is 0 Å². The van der Waals surface area contributed by atoms with Crippen molar-refractivity contribution in [1.29, 1.82) is 0 Å². The van der Waals surface area contributed by atoms with E-state index in [2.05, 4.69) is 5.09 Å². The highest BCUT2D eigenvalue weighted by Crippen LogP contribution is 2.49. The number of esters is 1. The number of para-hydroxylation sites is 1. The lowest BCUT2D eigenvalue weighted by Gasteiger charge is -2.25. The van der Waals surface area contributed by atoms with Crippen LogP contribution in [0.4, 0.5) is 0 Å². The van der Waals surface area contributed by atoms with E-state index in [1.54, 1.807) is 25.1 Å². The Morgan fingerprint density at radius 1 is 1.15 bits per heavy atom. The molecule has 0 aliphatic carbocycles. The second-order valence-electron chi connectivity index (χ2n) is 7.95. The number of hydrogen-bond donors (Lipinski definition) is 2. The molecule has 0 amide bonds. The lowest BCUT2D eigenvalue weighted by molar-refractivity contribution is -0.145. The number of carboxylic acid groups (broad SMARTS) is 1. The van der Waals surface area contributed by atoms with Gasteiger partial charge in [-0.1, -0.05) is 31.2 Å². The maximum atomic E-state index is 14.1. The van der Waals surface area contributed by atoms with Crippen molar-refractivity contribution in [2.75, 3.05) is 6.61 Å². The molecule has 2 atom stereocenters. The monoisotopic (exact) mass is 489 g/mol. The first-order chi connectivity index (χ1) is 15.6. The molecular formula is C24H28NO6PS. The van der Waals surface area contributed by atoms with Gasteiger partial charge >= 0.3 is 19.5 Å². The van der Waals surface area contributed by atoms with Crippen LogP contribution in [0.5, 0.6) is 5.75 Å². The van der Waals surface area contributed by atoms with Crippen molar-refractivity contribution < 1.29 is 28.5 Å². The predicted octanol–water partition coefficient (Wildman–Crippen LogP) is 5.92. The Labute approximate surface area is 197 Å². The minimum absolute atomic E-state index is 0.0142. The zero-order chi connectivity index (χ0) is 24.2. The van der Waals surface area contributed by atoms with Crippen LogP contribution < -0.4 is 9.61 Å². The molecule has 7 nitrogen and oxygen atoms in total. The molecule has 2 aromatic carbocycles. The molecule has 9 heteroatoms. The van der Waals surface area contributed by atoms with Gasteiger partial charge in [-0.15, -0.1) is 11.3 Å². The molecule has 1 aromatic heterocycles. The lowest BCUT2D eigenvalue weighted by Crippen LogP contribution is -2.35. The molecule has 3 aromatic rings. The summed E-state index contributed by atoms with van der Waals surface area (Å²) in [6.45, 7) is 7.52. The number of aryl methyl sites for hydroxylation is 2. The van der Waals surface area contributed by atoms with Crippen LogP contribution in [-0.2, 0) is 20.3 Å². The molecule has 33 heavy (non-hydrogen) atoms. The van der Waals surface area contributed by atoms with Crippen molar-refractivity contribution >= 4 is 40.9 Å². The first-order valence-electron chi connectivity index (χ1n) is 10.7. The maximum Gasteiger partial charge on any atom is 0.345 e. The summed E-state index contributed by atoms with van der Waals surface area (Å²) in [5.41, 5.74) is 2.36. The smallest absolute Gasteiger partial charge is 0.345 e. The van der Waals surface area contributed by atoms with Gasteiger partial charge in [0.15, 0.2) is 0 Å². The molecule has 176 valence electrons. The summed E-state index contributed by atoms with van der Waals surface area (Å²) in [5.74, 6) is -0.975. The quantitative estimate of drug-likeness (QED) is 0.269. The Balaban J connectivity index is 1.93. The fourth-order valence-electron chi connectivity index (χ4n) is 3.41. The van der Waals surface area contributed by atoms with E-state index in [9.17, 15) is 19.3 Å². The molecule has 0 radical (unpaired) electrons. The Kier molecular flexibility index (Phi) is 7.95. The van der Waals surface area contributed by atoms with Gasteiger partial charge in [-0.25, -0.2) is 9.88 Å². The third-order valence-corrected chi connectivity index (χ3v) is 8.17. The van der Waals surface area contributed by atoms with E-state index < -0.39 is 25.5 Å².